The molecule has 0 saturated heterocycles. The molecule has 2 aromatic rings. The van der Waals surface area contributed by atoms with Crippen LogP contribution < -0.4 is 10.1 Å². The molecule has 120 valence electrons. The second-order valence-electron chi connectivity index (χ2n) is 4.55. The van der Waals surface area contributed by atoms with E-state index in [1.165, 1.54) is 31.0 Å². The van der Waals surface area contributed by atoms with Crippen LogP contribution in [0, 0.1) is 10.1 Å². The Morgan fingerprint density at radius 2 is 2.04 bits per heavy atom. The second kappa shape index (κ2) is 7.59. The highest BCUT2D eigenvalue weighted by atomic mass is 32.2. The van der Waals surface area contributed by atoms with Gasteiger partial charge >= 0.3 is 0 Å². The van der Waals surface area contributed by atoms with Crippen LogP contribution in [0.1, 0.15) is 6.92 Å². The third-order valence-electron chi connectivity index (χ3n) is 2.96. The zero-order valence-electron chi connectivity index (χ0n) is 12.6. The summed E-state index contributed by atoms with van der Waals surface area (Å²) in [5, 5.41) is 12.9. The van der Waals surface area contributed by atoms with Crippen molar-refractivity contribution in [1.82, 2.24) is 4.98 Å². The quantitative estimate of drug-likeness (QED) is 0.496. The molecule has 0 bridgehead atoms. The molecule has 1 heterocycles. The standard InChI is InChI=1S/C15H15N3O4S/c1-10(23-12-7-5-11(6-8-12)18(20)21)15(19)17-14-13(22-2)4-3-9-16-14/h3-10H,1-2H3,(H,16,17,19)/t10-/m0/s1. The Kier molecular flexibility index (Phi) is 5.53. The summed E-state index contributed by atoms with van der Waals surface area (Å²) < 4.78 is 5.13. The highest BCUT2D eigenvalue weighted by molar-refractivity contribution is 8.00. The van der Waals surface area contributed by atoms with Crippen LogP contribution >= 0.6 is 11.8 Å². The van der Waals surface area contributed by atoms with E-state index in [1.54, 1.807) is 37.4 Å². The maximum atomic E-state index is 12.2. The first-order valence-corrected chi connectivity index (χ1v) is 7.60. The van der Waals surface area contributed by atoms with Gasteiger partial charge in [0.05, 0.1) is 17.3 Å². The van der Waals surface area contributed by atoms with Crippen molar-refractivity contribution in [2.45, 2.75) is 17.1 Å². The van der Waals surface area contributed by atoms with Crippen LogP contribution in [-0.2, 0) is 4.79 Å². The molecule has 0 aliphatic heterocycles. The Morgan fingerprint density at radius 3 is 2.65 bits per heavy atom. The predicted octanol–water partition coefficient (Wildman–Crippen LogP) is 3.12. The molecule has 1 aromatic carbocycles. The Hall–Kier alpha value is -2.61. The largest absolute Gasteiger partial charge is 0.493 e. The van der Waals surface area contributed by atoms with Crippen molar-refractivity contribution in [3.63, 3.8) is 0 Å². The van der Waals surface area contributed by atoms with E-state index < -0.39 is 10.2 Å². The molecule has 0 spiro atoms. The number of rotatable bonds is 6. The molecule has 0 aliphatic rings. The lowest BCUT2D eigenvalue weighted by Crippen LogP contribution is -2.23. The lowest BCUT2D eigenvalue weighted by molar-refractivity contribution is -0.384. The van der Waals surface area contributed by atoms with Crippen LogP contribution in [0.4, 0.5) is 11.5 Å². The van der Waals surface area contributed by atoms with Gasteiger partial charge in [-0.1, -0.05) is 0 Å². The van der Waals surface area contributed by atoms with E-state index in [4.69, 9.17) is 4.74 Å². The van der Waals surface area contributed by atoms with Gasteiger partial charge < -0.3 is 10.1 Å². The number of hydrogen-bond donors (Lipinski definition) is 1. The van der Waals surface area contributed by atoms with Gasteiger partial charge in [0.1, 0.15) is 0 Å². The summed E-state index contributed by atoms with van der Waals surface area (Å²) in [4.78, 5) is 27.2. The number of carbonyl (C=O) groups is 1. The first-order chi connectivity index (χ1) is 11.0. The maximum Gasteiger partial charge on any atom is 0.269 e. The van der Waals surface area contributed by atoms with Crippen LogP contribution in [0.25, 0.3) is 0 Å². The number of aromatic nitrogens is 1. The van der Waals surface area contributed by atoms with Crippen molar-refractivity contribution in [2.75, 3.05) is 12.4 Å². The zero-order valence-corrected chi connectivity index (χ0v) is 13.4. The van der Waals surface area contributed by atoms with Crippen molar-refractivity contribution in [2.24, 2.45) is 0 Å². The van der Waals surface area contributed by atoms with Gasteiger partial charge in [0.2, 0.25) is 5.91 Å². The van der Waals surface area contributed by atoms with Crippen LogP contribution in [0.2, 0.25) is 0 Å². The third-order valence-corrected chi connectivity index (χ3v) is 4.07. The normalized spacial score (nSPS) is 11.6. The summed E-state index contributed by atoms with van der Waals surface area (Å²) in [5.74, 6) is 0.606. The molecule has 0 radical (unpaired) electrons. The van der Waals surface area contributed by atoms with Crippen LogP contribution in [0.5, 0.6) is 5.75 Å². The van der Waals surface area contributed by atoms with Crippen molar-refractivity contribution in [1.29, 1.82) is 0 Å². The molecular formula is C15H15N3O4S. The molecule has 8 heteroatoms. The number of amides is 1. The number of nitrogens with one attached hydrogen (secondary N) is 1. The average molecular weight is 333 g/mol. The Morgan fingerprint density at radius 1 is 1.35 bits per heavy atom. The smallest absolute Gasteiger partial charge is 0.269 e. The molecule has 7 nitrogen and oxygen atoms in total. The minimum atomic E-state index is -0.460. The number of carbonyl (C=O) groups excluding carboxylic acids is 1. The molecule has 1 amide bonds. The second-order valence-corrected chi connectivity index (χ2v) is 5.97. The molecule has 0 saturated carbocycles. The van der Waals surface area contributed by atoms with Crippen LogP contribution in [-0.4, -0.2) is 28.2 Å². The SMILES string of the molecule is COc1cccnc1NC(=O)[C@H](C)Sc1ccc([N+](=O)[O-])cc1. The predicted molar refractivity (Wildman–Crippen MR) is 87.8 cm³/mol. The van der Waals surface area contributed by atoms with E-state index >= 15 is 0 Å². The van der Waals surface area contributed by atoms with Crippen molar-refractivity contribution in [3.8, 4) is 5.75 Å². The summed E-state index contributed by atoms with van der Waals surface area (Å²) >= 11 is 1.30. The van der Waals surface area contributed by atoms with E-state index in [0.29, 0.717) is 11.6 Å². The molecule has 1 aromatic heterocycles. The van der Waals surface area contributed by atoms with E-state index in [1.807, 2.05) is 0 Å². The molecular weight excluding hydrogens is 318 g/mol. The fourth-order valence-electron chi connectivity index (χ4n) is 1.77. The lowest BCUT2D eigenvalue weighted by atomic mass is 10.3. The summed E-state index contributed by atoms with van der Waals surface area (Å²) in [6.07, 6.45) is 1.56. The minimum Gasteiger partial charge on any atom is -0.493 e. The number of hydrogen-bond acceptors (Lipinski definition) is 6. The van der Waals surface area contributed by atoms with Crippen LogP contribution in [0.15, 0.2) is 47.5 Å². The number of nitrogens with zero attached hydrogens (tertiary/aromatic N) is 2. The van der Waals surface area contributed by atoms with E-state index in [2.05, 4.69) is 10.3 Å². The van der Waals surface area contributed by atoms with Gasteiger partial charge in [-0.05, 0) is 31.2 Å². The van der Waals surface area contributed by atoms with Gasteiger partial charge in [0, 0.05) is 23.2 Å². The Balaban J connectivity index is 2.01. The average Bonchev–Trinajstić information content (AvgIpc) is 2.55. The van der Waals surface area contributed by atoms with Crippen molar-refractivity contribution < 1.29 is 14.5 Å². The minimum absolute atomic E-state index is 0.0182. The summed E-state index contributed by atoms with van der Waals surface area (Å²) in [5.41, 5.74) is 0.0182. The number of anilines is 1. The topological polar surface area (TPSA) is 94.4 Å². The number of methoxy groups -OCH3 is 1. The Labute approximate surface area is 137 Å². The molecule has 0 unspecified atom stereocenters. The molecule has 1 atom stereocenters. The Bertz CT molecular complexity index is 706. The highest BCUT2D eigenvalue weighted by Crippen LogP contribution is 2.27. The summed E-state index contributed by atoms with van der Waals surface area (Å²) in [6, 6.07) is 9.48. The van der Waals surface area contributed by atoms with Crippen molar-refractivity contribution >= 4 is 29.2 Å². The monoisotopic (exact) mass is 333 g/mol. The number of non-ortho nitro benzene ring substituents is 1. The lowest BCUT2D eigenvalue weighted by Gasteiger charge is -2.13. The third kappa shape index (κ3) is 4.43. The van der Waals surface area contributed by atoms with Crippen molar-refractivity contribution in [3.05, 3.63) is 52.7 Å². The molecule has 2 rings (SSSR count). The summed E-state index contributed by atoms with van der Waals surface area (Å²) in [6.45, 7) is 1.75. The maximum absolute atomic E-state index is 12.2. The number of ether oxygens (including phenoxy) is 1. The molecule has 1 N–H and O–H groups in total. The van der Waals surface area contributed by atoms with Gasteiger partial charge in [0.25, 0.3) is 5.69 Å². The van der Waals surface area contributed by atoms with E-state index in [0.717, 1.165) is 4.90 Å². The number of pyridine rings is 1. The van der Waals surface area contributed by atoms with Gasteiger partial charge in [-0.15, -0.1) is 11.8 Å². The number of nitro benzene ring substituents is 1. The van der Waals surface area contributed by atoms with E-state index in [9.17, 15) is 14.9 Å². The number of benzene rings is 1. The van der Waals surface area contributed by atoms with Gasteiger partial charge in [-0.2, -0.15) is 0 Å². The van der Waals surface area contributed by atoms with Gasteiger partial charge in [-0.25, -0.2) is 4.98 Å². The van der Waals surface area contributed by atoms with Gasteiger partial charge in [0.15, 0.2) is 11.6 Å². The summed E-state index contributed by atoms with van der Waals surface area (Å²) in [7, 11) is 1.50. The fourth-order valence-corrected chi connectivity index (χ4v) is 2.64. The fraction of sp³-hybridized carbons (Fsp3) is 0.200. The molecule has 23 heavy (non-hydrogen) atoms. The highest BCUT2D eigenvalue weighted by Gasteiger charge is 2.17. The first kappa shape index (κ1) is 16.8. The number of nitro groups is 1. The zero-order chi connectivity index (χ0) is 16.8. The van der Waals surface area contributed by atoms with Gasteiger partial charge in [-0.3, -0.25) is 14.9 Å². The molecule has 0 fully saturated rings. The van der Waals surface area contributed by atoms with Crippen LogP contribution in [0.3, 0.4) is 0 Å². The molecule has 0 aliphatic carbocycles. The van der Waals surface area contributed by atoms with E-state index in [-0.39, 0.29) is 11.6 Å². The first-order valence-electron chi connectivity index (χ1n) is 6.72. The number of thioether (sulfide) groups is 1.